The highest BCUT2D eigenvalue weighted by atomic mass is 14.1. The van der Waals surface area contributed by atoms with E-state index in [1.807, 2.05) is 12.2 Å². The second kappa shape index (κ2) is 5.36. The monoisotopic (exact) mass is 172 g/mol. The summed E-state index contributed by atoms with van der Waals surface area (Å²) in [7, 11) is 0. The van der Waals surface area contributed by atoms with Gasteiger partial charge in [-0.3, -0.25) is 0 Å². The van der Waals surface area contributed by atoms with Crippen LogP contribution in [0, 0.1) is 0 Å². The Morgan fingerprint density at radius 2 is 2.38 bits per heavy atom. The summed E-state index contributed by atoms with van der Waals surface area (Å²) in [4.78, 5) is 0. The van der Waals surface area contributed by atoms with Gasteiger partial charge in [-0.15, -0.1) is 0 Å². The van der Waals surface area contributed by atoms with Crippen molar-refractivity contribution < 1.29 is 0 Å². The van der Waals surface area contributed by atoms with E-state index < -0.39 is 0 Å². The molecule has 0 radical (unpaired) electrons. The predicted molar refractivity (Wildman–Crippen MR) is 59.6 cm³/mol. The van der Waals surface area contributed by atoms with Gasteiger partial charge in [0, 0.05) is 0 Å². The Bertz CT molecular complexity index is 285. The molecule has 0 aromatic heterocycles. The van der Waals surface area contributed by atoms with Crippen LogP contribution < -0.4 is 0 Å². The van der Waals surface area contributed by atoms with E-state index in [1.165, 1.54) is 11.1 Å². The molecular formula is C13H16. The van der Waals surface area contributed by atoms with Crippen molar-refractivity contribution in [3.63, 3.8) is 0 Å². The van der Waals surface area contributed by atoms with E-state index >= 15 is 0 Å². The summed E-state index contributed by atoms with van der Waals surface area (Å²) >= 11 is 0. The third-order valence-corrected chi connectivity index (χ3v) is 2.11. The van der Waals surface area contributed by atoms with Crippen molar-refractivity contribution in [2.24, 2.45) is 0 Å². The largest absolute Gasteiger partial charge is 0.0991 e. The Balaban J connectivity index is 2.77. The number of rotatable bonds is 3. The molecule has 1 rings (SSSR count). The van der Waals surface area contributed by atoms with Crippen molar-refractivity contribution in [2.45, 2.75) is 19.8 Å². The molecule has 0 saturated heterocycles. The van der Waals surface area contributed by atoms with Crippen LogP contribution in [0.5, 0.6) is 0 Å². The van der Waals surface area contributed by atoms with Crippen molar-refractivity contribution in [3.05, 3.63) is 60.3 Å². The van der Waals surface area contributed by atoms with E-state index in [1.54, 1.807) is 0 Å². The number of allylic oxidation sites excluding steroid dienone is 9. The molecule has 0 atom stereocenters. The molecule has 0 heteroatoms. The minimum absolute atomic E-state index is 1.15. The van der Waals surface area contributed by atoms with Crippen LogP contribution in [0.25, 0.3) is 0 Å². The average molecular weight is 172 g/mol. The minimum atomic E-state index is 1.15. The summed E-state index contributed by atoms with van der Waals surface area (Å²) in [5.74, 6) is 0. The van der Waals surface area contributed by atoms with Gasteiger partial charge in [0.2, 0.25) is 0 Å². The summed E-state index contributed by atoms with van der Waals surface area (Å²) in [6, 6.07) is 0. The molecule has 0 spiro atoms. The Labute approximate surface area is 80.7 Å². The standard InChI is InChI=1S/C13H16/c1-3-5-9-12(4-2)13-10-7-6-8-11-13/h3-7,9-10H,1,8,11H2,2H3/b9-5-,12-4+. The maximum atomic E-state index is 3.66. The predicted octanol–water partition coefficient (Wildman–Crippen LogP) is 3.95. The fourth-order valence-electron chi connectivity index (χ4n) is 1.40. The molecule has 0 bridgehead atoms. The van der Waals surface area contributed by atoms with Crippen LogP contribution in [0.15, 0.2) is 60.3 Å². The lowest BCUT2D eigenvalue weighted by Crippen LogP contribution is -1.89. The van der Waals surface area contributed by atoms with Gasteiger partial charge in [-0.25, -0.2) is 0 Å². The van der Waals surface area contributed by atoms with Gasteiger partial charge in [0.1, 0.15) is 0 Å². The van der Waals surface area contributed by atoms with Crippen LogP contribution >= 0.6 is 0 Å². The Morgan fingerprint density at radius 1 is 1.54 bits per heavy atom. The van der Waals surface area contributed by atoms with E-state index in [2.05, 4.69) is 43.9 Å². The van der Waals surface area contributed by atoms with Crippen molar-refractivity contribution in [1.82, 2.24) is 0 Å². The molecule has 0 aliphatic heterocycles. The first kappa shape index (κ1) is 9.79. The molecule has 68 valence electrons. The SMILES string of the molecule is C=C/C=C\C(=C/C)C1=CC=CCC1. The van der Waals surface area contributed by atoms with Crippen molar-refractivity contribution in [1.29, 1.82) is 0 Å². The topological polar surface area (TPSA) is 0 Å². The fourth-order valence-corrected chi connectivity index (χ4v) is 1.40. The zero-order valence-electron chi connectivity index (χ0n) is 8.16. The fraction of sp³-hybridized carbons (Fsp3) is 0.231. The molecule has 0 aromatic carbocycles. The molecule has 1 aliphatic carbocycles. The highest BCUT2D eigenvalue weighted by molar-refractivity contribution is 5.43. The normalized spacial score (nSPS) is 17.6. The zero-order chi connectivity index (χ0) is 9.52. The summed E-state index contributed by atoms with van der Waals surface area (Å²) in [6.45, 7) is 5.74. The van der Waals surface area contributed by atoms with E-state index in [0.29, 0.717) is 0 Å². The lowest BCUT2D eigenvalue weighted by Gasteiger charge is -2.09. The number of hydrogen-bond donors (Lipinski definition) is 0. The van der Waals surface area contributed by atoms with Crippen LogP contribution in [-0.4, -0.2) is 0 Å². The highest BCUT2D eigenvalue weighted by Gasteiger charge is 2.01. The molecule has 0 nitrogen and oxygen atoms in total. The van der Waals surface area contributed by atoms with Gasteiger partial charge in [-0.2, -0.15) is 0 Å². The Morgan fingerprint density at radius 3 is 2.92 bits per heavy atom. The molecule has 13 heavy (non-hydrogen) atoms. The second-order valence-corrected chi connectivity index (χ2v) is 3.00. The minimum Gasteiger partial charge on any atom is -0.0991 e. The first-order chi connectivity index (χ1) is 6.38. The summed E-state index contributed by atoms with van der Waals surface area (Å²) in [6.07, 6.45) is 16.9. The molecule has 0 aromatic rings. The highest BCUT2D eigenvalue weighted by Crippen LogP contribution is 2.20. The van der Waals surface area contributed by atoms with Gasteiger partial charge in [-0.05, 0) is 30.9 Å². The van der Waals surface area contributed by atoms with Gasteiger partial charge < -0.3 is 0 Å². The molecule has 0 amide bonds. The maximum Gasteiger partial charge on any atom is -0.0238 e. The molecule has 0 heterocycles. The van der Waals surface area contributed by atoms with E-state index in [4.69, 9.17) is 0 Å². The second-order valence-electron chi connectivity index (χ2n) is 3.00. The van der Waals surface area contributed by atoms with E-state index in [9.17, 15) is 0 Å². The maximum absolute atomic E-state index is 3.66. The average Bonchev–Trinajstić information content (AvgIpc) is 2.21. The Kier molecular flexibility index (Phi) is 4.04. The lowest BCUT2D eigenvalue weighted by atomic mass is 9.97. The lowest BCUT2D eigenvalue weighted by molar-refractivity contribution is 0.977. The molecule has 0 N–H and O–H groups in total. The van der Waals surface area contributed by atoms with E-state index in [-0.39, 0.29) is 0 Å². The quantitative estimate of drug-likeness (QED) is 0.565. The van der Waals surface area contributed by atoms with Crippen LogP contribution in [0.3, 0.4) is 0 Å². The summed E-state index contributed by atoms with van der Waals surface area (Å²) in [5.41, 5.74) is 2.73. The van der Waals surface area contributed by atoms with Crippen LogP contribution in [0.2, 0.25) is 0 Å². The molecule has 0 fully saturated rings. The van der Waals surface area contributed by atoms with Gasteiger partial charge in [0.25, 0.3) is 0 Å². The summed E-state index contributed by atoms with van der Waals surface area (Å²) in [5, 5.41) is 0. The first-order valence-corrected chi connectivity index (χ1v) is 4.70. The molecular weight excluding hydrogens is 156 g/mol. The van der Waals surface area contributed by atoms with Gasteiger partial charge in [-0.1, -0.05) is 49.1 Å². The first-order valence-electron chi connectivity index (χ1n) is 4.70. The third-order valence-electron chi connectivity index (χ3n) is 2.11. The molecule has 0 unspecified atom stereocenters. The van der Waals surface area contributed by atoms with Crippen molar-refractivity contribution in [2.75, 3.05) is 0 Å². The third kappa shape index (κ3) is 2.90. The van der Waals surface area contributed by atoms with E-state index in [0.717, 1.165) is 12.8 Å². The van der Waals surface area contributed by atoms with Gasteiger partial charge in [0.15, 0.2) is 0 Å². The van der Waals surface area contributed by atoms with Crippen molar-refractivity contribution >= 4 is 0 Å². The Hall–Kier alpha value is -1.30. The molecule has 0 saturated carbocycles. The van der Waals surface area contributed by atoms with Crippen molar-refractivity contribution in [3.8, 4) is 0 Å². The van der Waals surface area contributed by atoms with Crippen LogP contribution in [0.4, 0.5) is 0 Å². The van der Waals surface area contributed by atoms with Gasteiger partial charge in [0.05, 0.1) is 0 Å². The van der Waals surface area contributed by atoms with Crippen LogP contribution in [0.1, 0.15) is 19.8 Å². The zero-order valence-corrected chi connectivity index (χ0v) is 8.16. The van der Waals surface area contributed by atoms with Gasteiger partial charge >= 0.3 is 0 Å². The number of hydrogen-bond acceptors (Lipinski definition) is 0. The molecule has 1 aliphatic rings. The smallest absolute Gasteiger partial charge is 0.0238 e. The van der Waals surface area contributed by atoms with Crippen LogP contribution in [-0.2, 0) is 0 Å². The summed E-state index contributed by atoms with van der Waals surface area (Å²) < 4.78 is 0.